The van der Waals surface area contributed by atoms with Crippen LogP contribution < -0.4 is 5.32 Å². The van der Waals surface area contributed by atoms with Crippen LogP contribution in [0.1, 0.15) is 12.5 Å². The molecule has 1 N–H and O–H groups in total. The van der Waals surface area contributed by atoms with Crippen molar-refractivity contribution in [3.05, 3.63) is 48.6 Å². The number of rotatable bonds is 4. The summed E-state index contributed by atoms with van der Waals surface area (Å²) < 4.78 is 1.70. The zero-order chi connectivity index (χ0) is 12.8. The van der Waals surface area contributed by atoms with Crippen LogP contribution in [0, 0.1) is 0 Å². The number of nitrogens with one attached hydrogen (secondary N) is 1. The standard InChI is InChI=1S/C13H14N4O/c1-11(18)15-8-2-3-12-4-6-13(7-5-12)17-10-14-9-16-17/h2-7,9-10H,8H2,1H3,(H,15,18). The average molecular weight is 242 g/mol. The van der Waals surface area contributed by atoms with Gasteiger partial charge in [-0.1, -0.05) is 24.3 Å². The van der Waals surface area contributed by atoms with Gasteiger partial charge in [0.1, 0.15) is 12.7 Å². The predicted octanol–water partition coefficient (Wildman–Crippen LogP) is 1.42. The summed E-state index contributed by atoms with van der Waals surface area (Å²) in [5, 5.41) is 6.75. The van der Waals surface area contributed by atoms with Crippen molar-refractivity contribution < 1.29 is 4.79 Å². The molecule has 1 heterocycles. The molecular formula is C13H14N4O. The highest BCUT2D eigenvalue weighted by molar-refractivity contribution is 5.73. The van der Waals surface area contributed by atoms with E-state index in [0.717, 1.165) is 11.3 Å². The highest BCUT2D eigenvalue weighted by Crippen LogP contribution is 2.09. The van der Waals surface area contributed by atoms with Crippen molar-refractivity contribution in [2.24, 2.45) is 0 Å². The van der Waals surface area contributed by atoms with Crippen LogP contribution in [0.2, 0.25) is 0 Å². The molecule has 0 saturated heterocycles. The SMILES string of the molecule is CC(=O)NCC=Cc1ccc(-n2cncn2)cc1. The van der Waals surface area contributed by atoms with Gasteiger partial charge in [0.25, 0.3) is 0 Å². The zero-order valence-corrected chi connectivity index (χ0v) is 10.1. The van der Waals surface area contributed by atoms with Crippen LogP contribution in [0.25, 0.3) is 11.8 Å². The first-order chi connectivity index (χ1) is 8.75. The number of hydrogen-bond donors (Lipinski definition) is 1. The fourth-order valence-corrected chi connectivity index (χ4v) is 1.48. The van der Waals surface area contributed by atoms with Crippen molar-refractivity contribution in [1.29, 1.82) is 0 Å². The number of carbonyl (C=O) groups is 1. The van der Waals surface area contributed by atoms with Crippen molar-refractivity contribution in [2.75, 3.05) is 6.54 Å². The quantitative estimate of drug-likeness (QED) is 0.882. The van der Waals surface area contributed by atoms with Crippen LogP contribution in [-0.4, -0.2) is 27.2 Å². The smallest absolute Gasteiger partial charge is 0.217 e. The van der Waals surface area contributed by atoms with Crippen molar-refractivity contribution in [3.8, 4) is 5.69 Å². The second-order valence-corrected chi connectivity index (χ2v) is 3.77. The van der Waals surface area contributed by atoms with Crippen LogP contribution in [0.4, 0.5) is 0 Å². The molecule has 0 radical (unpaired) electrons. The first-order valence-electron chi connectivity index (χ1n) is 5.62. The molecule has 0 spiro atoms. The van der Waals surface area contributed by atoms with Crippen LogP contribution in [-0.2, 0) is 4.79 Å². The molecule has 2 aromatic rings. The molecular weight excluding hydrogens is 228 g/mol. The summed E-state index contributed by atoms with van der Waals surface area (Å²) in [5.41, 5.74) is 2.04. The summed E-state index contributed by atoms with van der Waals surface area (Å²) >= 11 is 0. The number of hydrogen-bond acceptors (Lipinski definition) is 3. The molecule has 0 aliphatic heterocycles. The van der Waals surface area contributed by atoms with Crippen molar-refractivity contribution in [1.82, 2.24) is 20.1 Å². The minimum absolute atomic E-state index is 0.0267. The van der Waals surface area contributed by atoms with E-state index in [4.69, 9.17) is 0 Å². The van der Waals surface area contributed by atoms with Crippen LogP contribution >= 0.6 is 0 Å². The van der Waals surface area contributed by atoms with E-state index in [2.05, 4.69) is 15.4 Å². The fourth-order valence-electron chi connectivity index (χ4n) is 1.48. The van der Waals surface area contributed by atoms with Crippen molar-refractivity contribution in [3.63, 3.8) is 0 Å². The molecule has 5 heteroatoms. The van der Waals surface area contributed by atoms with Crippen LogP contribution in [0.15, 0.2) is 43.0 Å². The molecule has 0 bridgehead atoms. The van der Waals surface area contributed by atoms with Gasteiger partial charge in [0.15, 0.2) is 0 Å². The first-order valence-corrected chi connectivity index (χ1v) is 5.62. The minimum Gasteiger partial charge on any atom is -0.353 e. The van der Waals surface area contributed by atoms with E-state index in [-0.39, 0.29) is 5.91 Å². The maximum Gasteiger partial charge on any atom is 0.217 e. The largest absolute Gasteiger partial charge is 0.353 e. The molecule has 2 rings (SSSR count). The Bertz CT molecular complexity index is 529. The zero-order valence-electron chi connectivity index (χ0n) is 10.1. The Hall–Kier alpha value is -2.43. The number of carbonyl (C=O) groups excluding carboxylic acids is 1. The van der Waals surface area contributed by atoms with Gasteiger partial charge in [0.2, 0.25) is 5.91 Å². The number of amides is 1. The lowest BCUT2D eigenvalue weighted by molar-refractivity contribution is -0.118. The van der Waals surface area contributed by atoms with Crippen molar-refractivity contribution >= 4 is 12.0 Å². The van der Waals surface area contributed by atoms with Gasteiger partial charge in [-0.15, -0.1) is 0 Å². The van der Waals surface area contributed by atoms with E-state index in [0.29, 0.717) is 6.54 Å². The third-order valence-corrected chi connectivity index (χ3v) is 2.36. The van der Waals surface area contributed by atoms with E-state index in [1.165, 1.54) is 13.3 Å². The molecule has 1 amide bonds. The van der Waals surface area contributed by atoms with Gasteiger partial charge in [-0.2, -0.15) is 5.10 Å². The highest BCUT2D eigenvalue weighted by Gasteiger charge is 1.95. The van der Waals surface area contributed by atoms with Gasteiger partial charge in [-0.3, -0.25) is 4.79 Å². The third-order valence-electron chi connectivity index (χ3n) is 2.36. The number of nitrogens with zero attached hydrogens (tertiary/aromatic N) is 3. The summed E-state index contributed by atoms with van der Waals surface area (Å²) in [5.74, 6) is -0.0267. The highest BCUT2D eigenvalue weighted by atomic mass is 16.1. The van der Waals surface area contributed by atoms with Crippen LogP contribution in [0.3, 0.4) is 0 Å². The van der Waals surface area contributed by atoms with Crippen LogP contribution in [0.5, 0.6) is 0 Å². The van der Waals surface area contributed by atoms with Gasteiger partial charge in [-0.25, -0.2) is 9.67 Å². The molecule has 0 saturated carbocycles. The third kappa shape index (κ3) is 3.28. The fraction of sp³-hybridized carbons (Fsp3) is 0.154. The Kier molecular flexibility index (Phi) is 3.86. The summed E-state index contributed by atoms with van der Waals surface area (Å²) in [7, 11) is 0. The molecule has 1 aromatic carbocycles. The molecule has 0 unspecified atom stereocenters. The van der Waals surface area contributed by atoms with E-state index < -0.39 is 0 Å². The normalized spacial score (nSPS) is 10.7. The maximum absolute atomic E-state index is 10.7. The first kappa shape index (κ1) is 12.0. The van der Waals surface area contributed by atoms with E-state index in [9.17, 15) is 4.79 Å². The predicted molar refractivity (Wildman–Crippen MR) is 69.1 cm³/mol. The Labute approximate surface area is 105 Å². The topological polar surface area (TPSA) is 59.8 Å². The Morgan fingerprint density at radius 1 is 1.39 bits per heavy atom. The lowest BCUT2D eigenvalue weighted by Crippen LogP contribution is -2.19. The monoisotopic (exact) mass is 242 g/mol. The van der Waals surface area contributed by atoms with Gasteiger partial charge < -0.3 is 5.32 Å². The van der Waals surface area contributed by atoms with Gasteiger partial charge in [0.05, 0.1) is 5.69 Å². The van der Waals surface area contributed by atoms with E-state index >= 15 is 0 Å². The summed E-state index contributed by atoms with van der Waals surface area (Å²) in [4.78, 5) is 14.6. The summed E-state index contributed by atoms with van der Waals surface area (Å²) in [6.45, 7) is 2.04. The van der Waals surface area contributed by atoms with E-state index in [1.54, 1.807) is 11.0 Å². The van der Waals surface area contributed by atoms with Gasteiger partial charge in [0, 0.05) is 13.5 Å². The molecule has 0 fully saturated rings. The molecule has 5 nitrogen and oxygen atoms in total. The molecule has 0 aliphatic carbocycles. The minimum atomic E-state index is -0.0267. The Morgan fingerprint density at radius 3 is 2.78 bits per heavy atom. The van der Waals surface area contributed by atoms with E-state index in [1.807, 2.05) is 36.4 Å². The lowest BCUT2D eigenvalue weighted by atomic mass is 10.2. The second kappa shape index (κ2) is 5.77. The summed E-state index contributed by atoms with van der Waals surface area (Å²) in [6, 6.07) is 7.90. The second-order valence-electron chi connectivity index (χ2n) is 3.77. The number of benzene rings is 1. The molecule has 18 heavy (non-hydrogen) atoms. The molecule has 92 valence electrons. The van der Waals surface area contributed by atoms with Crippen molar-refractivity contribution in [2.45, 2.75) is 6.92 Å². The number of aromatic nitrogens is 3. The molecule has 1 aromatic heterocycles. The lowest BCUT2D eigenvalue weighted by Gasteiger charge is -2.00. The Morgan fingerprint density at radius 2 is 2.17 bits per heavy atom. The summed E-state index contributed by atoms with van der Waals surface area (Å²) in [6.07, 6.45) is 7.02. The van der Waals surface area contributed by atoms with Gasteiger partial charge in [-0.05, 0) is 17.7 Å². The average Bonchev–Trinajstić information content (AvgIpc) is 2.89. The Balaban J connectivity index is 1.98. The molecule has 0 aliphatic rings. The maximum atomic E-state index is 10.7. The van der Waals surface area contributed by atoms with Gasteiger partial charge >= 0.3 is 0 Å². The molecule has 0 atom stereocenters.